The van der Waals surface area contributed by atoms with Gasteiger partial charge >= 0.3 is 0 Å². The molecule has 0 spiro atoms. The van der Waals surface area contributed by atoms with Crippen LogP contribution in [-0.2, 0) is 11.8 Å². The summed E-state index contributed by atoms with van der Waals surface area (Å²) in [6.07, 6.45) is 3.80. The lowest BCUT2D eigenvalue weighted by Gasteiger charge is -2.29. The molecular weight excluding hydrogens is 363 g/mol. The molecule has 1 aliphatic heterocycles. The summed E-state index contributed by atoms with van der Waals surface area (Å²) in [7, 11) is 2.06. The van der Waals surface area contributed by atoms with Crippen molar-refractivity contribution in [2.24, 2.45) is 7.05 Å². The number of amides is 1. The minimum atomic E-state index is -0.332. The molecular formula is C25H25FN2O. The van der Waals surface area contributed by atoms with Crippen LogP contribution in [0.1, 0.15) is 48.5 Å². The Balaban J connectivity index is 1.79. The van der Waals surface area contributed by atoms with E-state index in [-0.39, 0.29) is 17.8 Å². The molecule has 29 heavy (non-hydrogen) atoms. The summed E-state index contributed by atoms with van der Waals surface area (Å²) in [6, 6.07) is 13.2. The number of rotatable bonds is 2. The van der Waals surface area contributed by atoms with Gasteiger partial charge in [-0.2, -0.15) is 0 Å². The van der Waals surface area contributed by atoms with Gasteiger partial charge in [0.1, 0.15) is 5.82 Å². The summed E-state index contributed by atoms with van der Waals surface area (Å²) in [5.41, 5.74) is 6.71. The van der Waals surface area contributed by atoms with Crippen LogP contribution in [0, 0.1) is 19.7 Å². The summed E-state index contributed by atoms with van der Waals surface area (Å²) in [5.74, 6) is -0.360. The van der Waals surface area contributed by atoms with Gasteiger partial charge in [-0.3, -0.25) is 9.69 Å². The van der Waals surface area contributed by atoms with Crippen LogP contribution in [0.4, 0.5) is 10.1 Å². The third-order valence-electron chi connectivity index (χ3n) is 6.66. The molecule has 3 nitrogen and oxygen atoms in total. The van der Waals surface area contributed by atoms with E-state index in [9.17, 15) is 4.79 Å². The zero-order valence-corrected chi connectivity index (χ0v) is 17.1. The molecule has 1 atom stereocenters. The molecule has 3 aromatic rings. The van der Waals surface area contributed by atoms with Gasteiger partial charge in [-0.1, -0.05) is 24.3 Å². The van der Waals surface area contributed by atoms with E-state index < -0.39 is 0 Å². The largest absolute Gasteiger partial charge is 0.348 e. The topological polar surface area (TPSA) is 25.2 Å². The Bertz CT molecular complexity index is 1190. The van der Waals surface area contributed by atoms with Gasteiger partial charge in [-0.25, -0.2) is 4.39 Å². The quantitative estimate of drug-likeness (QED) is 0.537. The fourth-order valence-electron chi connectivity index (χ4n) is 5.15. The fourth-order valence-corrected chi connectivity index (χ4v) is 5.15. The normalized spacial score (nSPS) is 19.4. The fraction of sp³-hybridized carbons (Fsp3) is 0.320. The highest BCUT2D eigenvalue weighted by atomic mass is 19.1. The number of hydrogen-bond acceptors (Lipinski definition) is 1. The maximum Gasteiger partial charge on any atom is 0.255 e. The second kappa shape index (κ2) is 6.58. The van der Waals surface area contributed by atoms with Crippen LogP contribution < -0.4 is 4.90 Å². The van der Waals surface area contributed by atoms with Crippen molar-refractivity contribution in [2.75, 3.05) is 4.90 Å². The van der Waals surface area contributed by atoms with Gasteiger partial charge in [-0.15, -0.1) is 0 Å². The molecule has 1 aliphatic carbocycles. The molecule has 2 aromatic carbocycles. The first-order chi connectivity index (χ1) is 14.0. The molecule has 2 aliphatic rings. The predicted octanol–water partition coefficient (Wildman–Crippen LogP) is 5.89. The molecule has 0 saturated heterocycles. The second-order valence-electron chi connectivity index (χ2n) is 8.32. The standard InChI is InChI=1S/C25H25FN2O/c1-15-12-13-22(20(26)14-15)28-24(17-8-4-5-9-18(17)25(28)29)23-16(2)27(3)21-11-7-6-10-19(21)23/h6-7,10-14,24H,4-5,8-9H2,1-3H3. The number of aromatic nitrogens is 1. The van der Waals surface area contributed by atoms with E-state index in [0.29, 0.717) is 5.69 Å². The molecule has 0 fully saturated rings. The third-order valence-corrected chi connectivity index (χ3v) is 6.66. The monoisotopic (exact) mass is 388 g/mol. The van der Waals surface area contributed by atoms with E-state index in [4.69, 9.17) is 0 Å². The van der Waals surface area contributed by atoms with E-state index in [1.807, 2.05) is 25.1 Å². The van der Waals surface area contributed by atoms with Gasteiger partial charge in [0.25, 0.3) is 5.91 Å². The number of aryl methyl sites for hydroxylation is 2. The maximum atomic E-state index is 15.0. The Labute approximate surface area is 170 Å². The summed E-state index contributed by atoms with van der Waals surface area (Å²) in [4.78, 5) is 15.2. The molecule has 1 unspecified atom stereocenters. The number of carbonyl (C=O) groups is 1. The van der Waals surface area contributed by atoms with Crippen LogP contribution in [-0.4, -0.2) is 10.5 Å². The summed E-state index contributed by atoms with van der Waals surface area (Å²) >= 11 is 0. The van der Waals surface area contributed by atoms with Gasteiger partial charge in [0, 0.05) is 34.8 Å². The number of anilines is 1. The number of para-hydroxylation sites is 1. The highest BCUT2D eigenvalue weighted by Crippen LogP contribution is 2.49. The first-order valence-electron chi connectivity index (χ1n) is 10.3. The van der Waals surface area contributed by atoms with Crippen molar-refractivity contribution in [3.05, 3.63) is 76.2 Å². The predicted molar refractivity (Wildman–Crippen MR) is 115 cm³/mol. The van der Waals surface area contributed by atoms with Crippen LogP contribution in [0.3, 0.4) is 0 Å². The van der Waals surface area contributed by atoms with Gasteiger partial charge in [0.15, 0.2) is 0 Å². The number of halogens is 1. The SMILES string of the molecule is Cc1ccc(N2C(=O)C3=C(CCCC3)C2c2c(C)n(C)c3ccccc23)c(F)c1. The Kier molecular flexibility index (Phi) is 4.12. The molecule has 5 rings (SSSR count). The Morgan fingerprint density at radius 3 is 2.59 bits per heavy atom. The third kappa shape index (κ3) is 2.58. The van der Waals surface area contributed by atoms with E-state index >= 15 is 4.39 Å². The Morgan fingerprint density at radius 2 is 1.79 bits per heavy atom. The molecule has 0 N–H and O–H groups in total. The van der Waals surface area contributed by atoms with Crippen molar-refractivity contribution in [3.8, 4) is 0 Å². The first-order valence-corrected chi connectivity index (χ1v) is 10.3. The van der Waals surface area contributed by atoms with Crippen molar-refractivity contribution >= 4 is 22.5 Å². The van der Waals surface area contributed by atoms with Crippen LogP contribution in [0.15, 0.2) is 53.6 Å². The highest BCUT2D eigenvalue weighted by molar-refractivity contribution is 6.11. The Morgan fingerprint density at radius 1 is 1.03 bits per heavy atom. The molecule has 4 heteroatoms. The average Bonchev–Trinajstić information content (AvgIpc) is 3.14. The molecule has 1 aromatic heterocycles. The van der Waals surface area contributed by atoms with Gasteiger partial charge in [0.2, 0.25) is 0 Å². The number of carbonyl (C=O) groups excluding carboxylic acids is 1. The molecule has 0 saturated carbocycles. The lowest BCUT2D eigenvalue weighted by Crippen LogP contribution is -2.31. The van der Waals surface area contributed by atoms with Crippen molar-refractivity contribution in [2.45, 2.75) is 45.6 Å². The number of benzene rings is 2. The minimum absolute atomic E-state index is 0.0280. The van der Waals surface area contributed by atoms with E-state index in [2.05, 4.69) is 30.7 Å². The lowest BCUT2D eigenvalue weighted by atomic mass is 9.86. The molecule has 1 amide bonds. The number of hydrogen-bond donors (Lipinski definition) is 0. The van der Waals surface area contributed by atoms with Crippen LogP contribution >= 0.6 is 0 Å². The maximum absolute atomic E-state index is 15.0. The average molecular weight is 388 g/mol. The molecule has 0 radical (unpaired) electrons. The smallest absolute Gasteiger partial charge is 0.255 e. The summed E-state index contributed by atoms with van der Waals surface area (Å²) in [5, 5.41) is 1.14. The zero-order valence-electron chi connectivity index (χ0n) is 17.1. The van der Waals surface area contributed by atoms with E-state index in [0.717, 1.165) is 59.0 Å². The first kappa shape index (κ1) is 18.2. The van der Waals surface area contributed by atoms with Crippen molar-refractivity contribution in [1.29, 1.82) is 0 Å². The summed E-state index contributed by atoms with van der Waals surface area (Å²) < 4.78 is 17.2. The zero-order chi connectivity index (χ0) is 20.3. The lowest BCUT2D eigenvalue weighted by molar-refractivity contribution is -0.115. The summed E-state index contributed by atoms with van der Waals surface area (Å²) in [6.45, 7) is 3.97. The van der Waals surface area contributed by atoms with Gasteiger partial charge in [-0.05, 0) is 68.9 Å². The van der Waals surface area contributed by atoms with Crippen LogP contribution in [0.5, 0.6) is 0 Å². The number of nitrogens with zero attached hydrogens (tertiary/aromatic N) is 2. The molecule has 2 heterocycles. The molecule has 0 bridgehead atoms. The van der Waals surface area contributed by atoms with Crippen LogP contribution in [0.2, 0.25) is 0 Å². The Hall–Kier alpha value is -2.88. The molecule has 148 valence electrons. The van der Waals surface area contributed by atoms with E-state index in [1.165, 1.54) is 11.6 Å². The minimum Gasteiger partial charge on any atom is -0.348 e. The second-order valence-corrected chi connectivity index (χ2v) is 8.32. The van der Waals surface area contributed by atoms with Crippen molar-refractivity contribution in [3.63, 3.8) is 0 Å². The number of fused-ring (bicyclic) bond motifs is 1. The van der Waals surface area contributed by atoms with Gasteiger partial charge < -0.3 is 4.57 Å². The van der Waals surface area contributed by atoms with E-state index in [1.54, 1.807) is 11.0 Å². The van der Waals surface area contributed by atoms with Crippen molar-refractivity contribution in [1.82, 2.24) is 4.57 Å². The van der Waals surface area contributed by atoms with Gasteiger partial charge in [0.05, 0.1) is 11.7 Å². The van der Waals surface area contributed by atoms with Crippen molar-refractivity contribution < 1.29 is 9.18 Å². The van der Waals surface area contributed by atoms with Crippen LogP contribution in [0.25, 0.3) is 10.9 Å². The highest BCUT2D eigenvalue weighted by Gasteiger charge is 2.44.